The van der Waals surface area contributed by atoms with Gasteiger partial charge in [0, 0.05) is 61.6 Å². The van der Waals surface area contributed by atoms with E-state index < -0.39 is 5.92 Å². The minimum Gasteiger partial charge on any atom is -0.357 e. The highest BCUT2D eigenvalue weighted by Crippen LogP contribution is 2.44. The molecule has 1 unspecified atom stereocenters. The van der Waals surface area contributed by atoms with Crippen LogP contribution >= 0.6 is 0 Å². The van der Waals surface area contributed by atoms with Crippen LogP contribution in [-0.2, 0) is 4.74 Å². The maximum absolute atomic E-state index is 13.9. The summed E-state index contributed by atoms with van der Waals surface area (Å²) >= 11 is 0. The molecular formula is C27H32F2N6O2. The smallest absolute Gasteiger partial charge is 0.258 e. The fourth-order valence-corrected chi connectivity index (χ4v) is 4.96. The van der Waals surface area contributed by atoms with Gasteiger partial charge in [-0.25, -0.2) is 23.4 Å². The Balaban J connectivity index is 1.49. The minimum absolute atomic E-state index is 0.126. The third-order valence-corrected chi connectivity index (χ3v) is 7.11. The molecule has 5 rings (SSSR count). The van der Waals surface area contributed by atoms with Crippen molar-refractivity contribution in [2.24, 2.45) is 0 Å². The van der Waals surface area contributed by atoms with Crippen LogP contribution in [0, 0.1) is 0 Å². The Hall–Kier alpha value is -3.27. The molecule has 0 bridgehead atoms. The number of alkyl halides is 2. The van der Waals surface area contributed by atoms with Gasteiger partial charge in [-0.15, -0.1) is 0 Å². The van der Waals surface area contributed by atoms with Crippen molar-refractivity contribution in [3.8, 4) is 11.3 Å². The maximum Gasteiger partial charge on any atom is 0.258 e. The van der Waals surface area contributed by atoms with Gasteiger partial charge in [0.25, 0.3) is 5.91 Å². The van der Waals surface area contributed by atoms with E-state index in [1.807, 2.05) is 26.1 Å². The number of ether oxygens (including phenoxy) is 1. The number of carbonyl (C=O) groups is 1. The summed E-state index contributed by atoms with van der Waals surface area (Å²) in [5, 5.41) is 7.75. The van der Waals surface area contributed by atoms with E-state index in [2.05, 4.69) is 20.3 Å². The van der Waals surface area contributed by atoms with E-state index in [4.69, 9.17) is 9.84 Å². The zero-order valence-electron chi connectivity index (χ0n) is 21.2. The zero-order chi connectivity index (χ0) is 26.0. The summed E-state index contributed by atoms with van der Waals surface area (Å²) in [5.41, 5.74) is 2.74. The lowest BCUT2D eigenvalue weighted by molar-refractivity contribution is -0.0393. The molecule has 2 fully saturated rings. The molecule has 2 aliphatic rings. The van der Waals surface area contributed by atoms with Crippen LogP contribution in [0.2, 0.25) is 0 Å². The standard InChI is InChI=1S/C27H32F2N6O2/c1-17(2)25-31-15-19(16-32-25)26(36)33-24-20(21-9-13-35(34-21)22-5-3-4-14-37-22)8-12-30-23(24)18-6-10-27(28,29)11-7-18/h8-9,12-13,15-18,22H,3-7,10-11,14H2,1-2H3,(H,33,36). The van der Waals surface area contributed by atoms with Crippen LogP contribution in [-0.4, -0.2) is 43.2 Å². The molecule has 37 heavy (non-hydrogen) atoms. The van der Waals surface area contributed by atoms with E-state index >= 15 is 0 Å². The van der Waals surface area contributed by atoms with Crippen molar-refractivity contribution in [2.75, 3.05) is 11.9 Å². The molecular weight excluding hydrogens is 478 g/mol. The zero-order valence-corrected chi connectivity index (χ0v) is 21.2. The van der Waals surface area contributed by atoms with Crippen molar-refractivity contribution < 1.29 is 18.3 Å². The Morgan fingerprint density at radius 3 is 2.54 bits per heavy atom. The van der Waals surface area contributed by atoms with Crippen molar-refractivity contribution in [2.45, 2.75) is 82.8 Å². The predicted octanol–water partition coefficient (Wildman–Crippen LogP) is 6.10. The summed E-state index contributed by atoms with van der Waals surface area (Å²) in [6.45, 7) is 4.66. The Morgan fingerprint density at radius 2 is 1.86 bits per heavy atom. The lowest BCUT2D eigenvalue weighted by Gasteiger charge is -2.29. The summed E-state index contributed by atoms with van der Waals surface area (Å²) in [7, 11) is 0. The van der Waals surface area contributed by atoms with Crippen LogP contribution in [0.15, 0.2) is 36.9 Å². The van der Waals surface area contributed by atoms with Crippen molar-refractivity contribution in [1.82, 2.24) is 24.7 Å². The highest BCUT2D eigenvalue weighted by atomic mass is 19.3. The van der Waals surface area contributed by atoms with Crippen molar-refractivity contribution in [1.29, 1.82) is 0 Å². The topological polar surface area (TPSA) is 94.8 Å². The van der Waals surface area contributed by atoms with Crippen LogP contribution < -0.4 is 5.32 Å². The molecule has 1 N–H and O–H groups in total. The molecule has 0 radical (unpaired) electrons. The summed E-state index contributed by atoms with van der Waals surface area (Å²) in [4.78, 5) is 26.5. The molecule has 1 aliphatic heterocycles. The number of nitrogens with zero attached hydrogens (tertiary/aromatic N) is 5. The number of anilines is 1. The number of pyridine rings is 1. The number of hydrogen-bond acceptors (Lipinski definition) is 6. The SMILES string of the molecule is CC(C)c1ncc(C(=O)Nc2c(-c3ccn(C4CCCCO4)n3)ccnc2C2CCC(F)(F)CC2)cn1. The van der Waals surface area contributed by atoms with Gasteiger partial charge in [-0.3, -0.25) is 9.78 Å². The second-order valence-electron chi connectivity index (χ2n) is 10.2. The first-order valence-electron chi connectivity index (χ1n) is 13.0. The van der Waals surface area contributed by atoms with Gasteiger partial charge in [-0.05, 0) is 44.2 Å². The number of aromatic nitrogens is 5. The van der Waals surface area contributed by atoms with Gasteiger partial charge >= 0.3 is 0 Å². The van der Waals surface area contributed by atoms with Gasteiger partial charge in [0.2, 0.25) is 5.92 Å². The second-order valence-corrected chi connectivity index (χ2v) is 10.2. The number of nitrogens with one attached hydrogen (secondary N) is 1. The van der Waals surface area contributed by atoms with Crippen LogP contribution in [0.4, 0.5) is 14.5 Å². The number of carbonyl (C=O) groups excluding carboxylic acids is 1. The fraction of sp³-hybridized carbons (Fsp3) is 0.519. The molecule has 3 aromatic heterocycles. The van der Waals surface area contributed by atoms with Crippen molar-refractivity contribution in [3.05, 3.63) is 54.0 Å². The molecule has 1 aliphatic carbocycles. The normalized spacial score (nSPS) is 20.2. The molecule has 1 saturated heterocycles. The van der Waals surface area contributed by atoms with Gasteiger partial charge < -0.3 is 10.1 Å². The molecule has 4 heterocycles. The molecule has 8 nitrogen and oxygen atoms in total. The van der Waals surface area contributed by atoms with Gasteiger partial charge in [-0.2, -0.15) is 5.10 Å². The summed E-state index contributed by atoms with van der Waals surface area (Å²) in [6, 6.07) is 3.67. The Labute approximate surface area is 214 Å². The average molecular weight is 511 g/mol. The van der Waals surface area contributed by atoms with Gasteiger partial charge in [0.1, 0.15) is 12.1 Å². The highest BCUT2D eigenvalue weighted by Gasteiger charge is 2.37. The quantitative estimate of drug-likeness (QED) is 0.430. The van der Waals surface area contributed by atoms with E-state index in [-0.39, 0.29) is 36.8 Å². The van der Waals surface area contributed by atoms with E-state index in [1.54, 1.807) is 16.9 Å². The van der Waals surface area contributed by atoms with Crippen molar-refractivity contribution in [3.63, 3.8) is 0 Å². The third kappa shape index (κ3) is 5.69. The lowest BCUT2D eigenvalue weighted by atomic mass is 9.83. The van der Waals surface area contributed by atoms with E-state index in [0.29, 0.717) is 53.5 Å². The predicted molar refractivity (Wildman–Crippen MR) is 135 cm³/mol. The lowest BCUT2D eigenvalue weighted by Crippen LogP contribution is -2.25. The highest BCUT2D eigenvalue weighted by molar-refractivity contribution is 6.06. The molecule has 10 heteroatoms. The summed E-state index contributed by atoms with van der Waals surface area (Å²) in [6.07, 6.45) is 9.60. The summed E-state index contributed by atoms with van der Waals surface area (Å²) < 4.78 is 35.5. The van der Waals surface area contributed by atoms with E-state index in [9.17, 15) is 13.6 Å². The van der Waals surface area contributed by atoms with Crippen LogP contribution in [0.5, 0.6) is 0 Å². The Bertz CT molecular complexity index is 1230. The second kappa shape index (κ2) is 10.6. The Kier molecular flexibility index (Phi) is 7.28. The fourth-order valence-electron chi connectivity index (χ4n) is 4.96. The number of hydrogen-bond donors (Lipinski definition) is 1. The third-order valence-electron chi connectivity index (χ3n) is 7.11. The minimum atomic E-state index is -2.66. The van der Waals surface area contributed by atoms with Gasteiger partial charge in [0.15, 0.2) is 0 Å². The first kappa shape index (κ1) is 25.4. The van der Waals surface area contributed by atoms with Crippen LogP contribution in [0.1, 0.15) is 98.7 Å². The largest absolute Gasteiger partial charge is 0.357 e. The molecule has 196 valence electrons. The number of halogens is 2. The molecule has 1 saturated carbocycles. The first-order valence-corrected chi connectivity index (χ1v) is 13.0. The first-order chi connectivity index (χ1) is 17.8. The molecule has 1 amide bonds. The molecule has 0 aromatic carbocycles. The van der Waals surface area contributed by atoms with Gasteiger partial charge in [0.05, 0.1) is 22.6 Å². The monoisotopic (exact) mass is 510 g/mol. The van der Waals surface area contributed by atoms with E-state index in [0.717, 1.165) is 19.3 Å². The van der Waals surface area contributed by atoms with Crippen LogP contribution in [0.25, 0.3) is 11.3 Å². The molecule has 3 aromatic rings. The maximum atomic E-state index is 13.9. The van der Waals surface area contributed by atoms with Crippen LogP contribution in [0.3, 0.4) is 0 Å². The molecule has 1 atom stereocenters. The summed E-state index contributed by atoms with van der Waals surface area (Å²) in [5.74, 6) is -2.45. The van der Waals surface area contributed by atoms with Crippen molar-refractivity contribution >= 4 is 11.6 Å². The molecule has 0 spiro atoms. The van der Waals surface area contributed by atoms with Gasteiger partial charge in [-0.1, -0.05) is 13.8 Å². The Morgan fingerprint density at radius 1 is 1.11 bits per heavy atom. The average Bonchev–Trinajstić information content (AvgIpc) is 3.40. The van der Waals surface area contributed by atoms with E-state index in [1.165, 1.54) is 12.4 Å². The number of amides is 1. The number of rotatable bonds is 6.